The number of carbonyl (C=O) groups excluding carboxylic acids is 1. The molecule has 17 heavy (non-hydrogen) atoms. The first kappa shape index (κ1) is 12.7. The van der Waals surface area contributed by atoms with Gasteiger partial charge in [0.2, 0.25) is 0 Å². The highest BCUT2D eigenvalue weighted by Crippen LogP contribution is 2.27. The minimum absolute atomic E-state index is 0.269. The van der Waals surface area contributed by atoms with Crippen molar-refractivity contribution in [2.75, 3.05) is 13.1 Å². The van der Waals surface area contributed by atoms with Gasteiger partial charge in [-0.25, -0.2) is 4.79 Å². The highest BCUT2D eigenvalue weighted by Gasteiger charge is 2.32. The predicted molar refractivity (Wildman–Crippen MR) is 67.0 cm³/mol. The molecule has 1 amide bonds. The van der Waals surface area contributed by atoms with Crippen LogP contribution in [0.2, 0.25) is 0 Å². The van der Waals surface area contributed by atoms with E-state index in [4.69, 9.17) is 4.74 Å². The number of hydrogen-bond acceptors (Lipinski definition) is 3. The van der Waals surface area contributed by atoms with Gasteiger partial charge in [-0.3, -0.25) is 4.90 Å². The summed E-state index contributed by atoms with van der Waals surface area (Å²) in [5.41, 5.74) is -0.406. The van der Waals surface area contributed by atoms with E-state index in [-0.39, 0.29) is 12.1 Å². The largest absolute Gasteiger partial charge is 0.444 e. The van der Waals surface area contributed by atoms with Gasteiger partial charge < -0.3 is 10.1 Å². The normalized spacial score (nSPS) is 26.6. The van der Waals surface area contributed by atoms with Crippen LogP contribution in [0, 0.1) is 0 Å². The molecule has 2 aliphatic rings. The molecular weight excluding hydrogens is 216 g/mol. The molecule has 1 aliphatic heterocycles. The molecule has 1 N–H and O–H groups in total. The molecule has 0 bridgehead atoms. The lowest BCUT2D eigenvalue weighted by atomic mass is 9.92. The lowest BCUT2D eigenvalue weighted by Gasteiger charge is -2.34. The summed E-state index contributed by atoms with van der Waals surface area (Å²) in [6, 6.07) is 1.05. The monoisotopic (exact) mass is 240 g/mol. The Kier molecular flexibility index (Phi) is 3.61. The van der Waals surface area contributed by atoms with Gasteiger partial charge in [0.1, 0.15) is 5.60 Å². The van der Waals surface area contributed by atoms with Crippen molar-refractivity contribution in [3.63, 3.8) is 0 Å². The molecule has 2 fully saturated rings. The molecule has 98 valence electrons. The van der Waals surface area contributed by atoms with Crippen LogP contribution in [0.1, 0.15) is 46.5 Å². The van der Waals surface area contributed by atoms with Gasteiger partial charge in [0, 0.05) is 25.2 Å². The number of carbonyl (C=O) groups is 1. The quantitative estimate of drug-likeness (QED) is 0.804. The van der Waals surface area contributed by atoms with Crippen LogP contribution in [0.4, 0.5) is 4.79 Å². The maximum atomic E-state index is 11.6. The van der Waals surface area contributed by atoms with Crippen LogP contribution in [0.3, 0.4) is 0 Å². The van der Waals surface area contributed by atoms with Crippen molar-refractivity contribution in [1.29, 1.82) is 0 Å². The number of nitrogens with zero attached hydrogens (tertiary/aromatic N) is 1. The SMILES string of the molecule is CC(C)(C)OC(=O)NC1CCN(C2CCC2)C1. The average Bonchev–Trinajstić information content (AvgIpc) is 2.45. The lowest BCUT2D eigenvalue weighted by molar-refractivity contribution is 0.0502. The fourth-order valence-corrected chi connectivity index (χ4v) is 2.46. The zero-order valence-electron chi connectivity index (χ0n) is 11.2. The van der Waals surface area contributed by atoms with Gasteiger partial charge in [0.05, 0.1) is 0 Å². The van der Waals surface area contributed by atoms with Crippen molar-refractivity contribution < 1.29 is 9.53 Å². The standard InChI is InChI=1S/C13H24N2O2/c1-13(2,3)17-12(16)14-10-7-8-15(9-10)11-5-4-6-11/h10-11H,4-9H2,1-3H3,(H,14,16). The summed E-state index contributed by atoms with van der Waals surface area (Å²) >= 11 is 0. The first-order valence-corrected chi connectivity index (χ1v) is 6.67. The summed E-state index contributed by atoms with van der Waals surface area (Å²) < 4.78 is 5.27. The van der Waals surface area contributed by atoms with Gasteiger partial charge in [-0.1, -0.05) is 6.42 Å². The highest BCUT2D eigenvalue weighted by atomic mass is 16.6. The second-order valence-corrected chi connectivity index (χ2v) is 6.21. The zero-order chi connectivity index (χ0) is 12.5. The summed E-state index contributed by atoms with van der Waals surface area (Å²) in [5, 5.41) is 2.97. The van der Waals surface area contributed by atoms with E-state index in [1.165, 1.54) is 19.3 Å². The Hall–Kier alpha value is -0.770. The maximum Gasteiger partial charge on any atom is 0.407 e. The average molecular weight is 240 g/mol. The van der Waals surface area contributed by atoms with Crippen LogP contribution >= 0.6 is 0 Å². The van der Waals surface area contributed by atoms with Gasteiger partial charge in [-0.15, -0.1) is 0 Å². The van der Waals surface area contributed by atoms with Crippen molar-refractivity contribution in [1.82, 2.24) is 10.2 Å². The second-order valence-electron chi connectivity index (χ2n) is 6.21. The molecule has 0 aromatic carbocycles. The number of hydrogen-bond donors (Lipinski definition) is 1. The maximum absolute atomic E-state index is 11.6. The van der Waals surface area contributed by atoms with E-state index in [1.54, 1.807) is 0 Å². The van der Waals surface area contributed by atoms with Crippen LogP contribution in [-0.4, -0.2) is 41.8 Å². The van der Waals surface area contributed by atoms with Crippen molar-refractivity contribution >= 4 is 6.09 Å². The van der Waals surface area contributed by atoms with Crippen LogP contribution in [0.15, 0.2) is 0 Å². The van der Waals surface area contributed by atoms with E-state index in [0.29, 0.717) is 0 Å². The van der Waals surface area contributed by atoms with E-state index in [9.17, 15) is 4.79 Å². The fraction of sp³-hybridized carbons (Fsp3) is 0.923. The smallest absolute Gasteiger partial charge is 0.407 e. The highest BCUT2D eigenvalue weighted by molar-refractivity contribution is 5.68. The Morgan fingerprint density at radius 3 is 2.53 bits per heavy atom. The molecule has 1 aliphatic carbocycles. The third kappa shape index (κ3) is 3.60. The van der Waals surface area contributed by atoms with Crippen LogP contribution < -0.4 is 5.32 Å². The third-order valence-electron chi connectivity index (χ3n) is 3.53. The number of amides is 1. The van der Waals surface area contributed by atoms with E-state index in [1.807, 2.05) is 20.8 Å². The minimum Gasteiger partial charge on any atom is -0.444 e. The molecular formula is C13H24N2O2. The van der Waals surface area contributed by atoms with Crippen molar-refractivity contribution in [2.45, 2.75) is 64.1 Å². The number of ether oxygens (including phenoxy) is 1. The summed E-state index contributed by atoms with van der Waals surface area (Å²) in [6.45, 7) is 7.78. The van der Waals surface area contributed by atoms with Crippen LogP contribution in [0.5, 0.6) is 0 Å². The van der Waals surface area contributed by atoms with Gasteiger partial charge in [-0.2, -0.15) is 0 Å². The summed E-state index contributed by atoms with van der Waals surface area (Å²) in [4.78, 5) is 14.1. The molecule has 0 spiro atoms. The van der Waals surface area contributed by atoms with Crippen molar-refractivity contribution in [3.8, 4) is 0 Å². The molecule has 1 atom stereocenters. The molecule has 0 aromatic heterocycles. The van der Waals surface area contributed by atoms with E-state index in [0.717, 1.165) is 25.6 Å². The molecule has 1 heterocycles. The number of likely N-dealkylation sites (tertiary alicyclic amines) is 1. The first-order chi connectivity index (χ1) is 7.94. The number of rotatable bonds is 2. The van der Waals surface area contributed by atoms with Gasteiger partial charge >= 0.3 is 6.09 Å². The van der Waals surface area contributed by atoms with Crippen molar-refractivity contribution in [3.05, 3.63) is 0 Å². The van der Waals surface area contributed by atoms with Gasteiger partial charge in [-0.05, 0) is 40.0 Å². The molecule has 1 unspecified atom stereocenters. The summed E-state index contributed by atoms with van der Waals surface area (Å²) in [5.74, 6) is 0. The molecule has 2 rings (SSSR count). The summed E-state index contributed by atoms with van der Waals surface area (Å²) in [6.07, 6.45) is 4.80. The molecule has 1 saturated carbocycles. The Balaban J connectivity index is 1.71. The second kappa shape index (κ2) is 4.84. The third-order valence-corrected chi connectivity index (χ3v) is 3.53. The van der Waals surface area contributed by atoms with Crippen LogP contribution in [0.25, 0.3) is 0 Å². The van der Waals surface area contributed by atoms with E-state index < -0.39 is 5.60 Å². The Morgan fingerprint density at radius 2 is 2.00 bits per heavy atom. The Labute approximate surface area is 104 Å². The molecule has 0 radical (unpaired) electrons. The minimum atomic E-state index is -0.406. The predicted octanol–water partition coefficient (Wildman–Crippen LogP) is 2.14. The molecule has 0 aromatic rings. The molecule has 4 heteroatoms. The van der Waals surface area contributed by atoms with Crippen LogP contribution in [-0.2, 0) is 4.74 Å². The lowest BCUT2D eigenvalue weighted by Crippen LogP contribution is -2.43. The Bertz CT molecular complexity index is 282. The van der Waals surface area contributed by atoms with E-state index in [2.05, 4.69) is 10.2 Å². The number of alkyl carbamates (subject to hydrolysis) is 1. The molecule has 1 saturated heterocycles. The zero-order valence-corrected chi connectivity index (χ0v) is 11.2. The van der Waals surface area contributed by atoms with Gasteiger partial charge in [0.25, 0.3) is 0 Å². The Morgan fingerprint density at radius 1 is 1.29 bits per heavy atom. The number of nitrogens with one attached hydrogen (secondary N) is 1. The van der Waals surface area contributed by atoms with E-state index >= 15 is 0 Å². The first-order valence-electron chi connectivity index (χ1n) is 6.67. The summed E-state index contributed by atoms with van der Waals surface area (Å²) in [7, 11) is 0. The van der Waals surface area contributed by atoms with Crippen molar-refractivity contribution in [2.24, 2.45) is 0 Å². The van der Waals surface area contributed by atoms with Gasteiger partial charge in [0.15, 0.2) is 0 Å². The molecule has 4 nitrogen and oxygen atoms in total. The topological polar surface area (TPSA) is 41.6 Å². The fourth-order valence-electron chi connectivity index (χ4n) is 2.46.